The molecular weight excluding hydrogens is 324 g/mol. The van der Waals surface area contributed by atoms with Crippen molar-refractivity contribution in [2.75, 3.05) is 6.54 Å². The van der Waals surface area contributed by atoms with Crippen molar-refractivity contribution in [1.29, 1.82) is 0 Å². The SMILES string of the molecule is Cl.NC1(C(=O)NCCC(c2ccccc2)c2ccco2)CCCC1. The maximum atomic E-state index is 12.3. The highest BCUT2D eigenvalue weighted by Crippen LogP contribution is 2.29. The number of amides is 1. The Bertz CT molecular complexity index is 622. The van der Waals surface area contributed by atoms with Crippen LogP contribution in [-0.4, -0.2) is 18.0 Å². The van der Waals surface area contributed by atoms with Crippen molar-refractivity contribution in [3.8, 4) is 0 Å². The molecule has 1 unspecified atom stereocenters. The molecule has 1 amide bonds. The van der Waals surface area contributed by atoms with Crippen LogP contribution < -0.4 is 11.1 Å². The van der Waals surface area contributed by atoms with Crippen LogP contribution >= 0.6 is 12.4 Å². The Morgan fingerprint density at radius 2 is 1.88 bits per heavy atom. The molecule has 0 spiro atoms. The van der Waals surface area contributed by atoms with Gasteiger partial charge in [-0.05, 0) is 37.0 Å². The van der Waals surface area contributed by atoms with Crippen LogP contribution in [0.25, 0.3) is 0 Å². The number of hydrogen-bond donors (Lipinski definition) is 2. The highest BCUT2D eigenvalue weighted by atomic mass is 35.5. The van der Waals surface area contributed by atoms with Gasteiger partial charge in [0, 0.05) is 12.5 Å². The summed E-state index contributed by atoms with van der Waals surface area (Å²) in [5.74, 6) is 1.05. The van der Waals surface area contributed by atoms with E-state index in [2.05, 4.69) is 17.4 Å². The summed E-state index contributed by atoms with van der Waals surface area (Å²) in [6.07, 6.45) is 6.15. The maximum absolute atomic E-state index is 12.3. The number of furan rings is 1. The van der Waals surface area contributed by atoms with Crippen molar-refractivity contribution in [3.05, 3.63) is 60.1 Å². The summed E-state index contributed by atoms with van der Waals surface area (Å²) in [7, 11) is 0. The Morgan fingerprint density at radius 3 is 2.50 bits per heavy atom. The van der Waals surface area contributed by atoms with Crippen molar-refractivity contribution >= 4 is 18.3 Å². The van der Waals surface area contributed by atoms with E-state index in [-0.39, 0.29) is 24.2 Å². The summed E-state index contributed by atoms with van der Waals surface area (Å²) in [5.41, 5.74) is 6.73. The van der Waals surface area contributed by atoms with Crippen LogP contribution in [0.4, 0.5) is 0 Å². The van der Waals surface area contributed by atoms with E-state index in [9.17, 15) is 4.79 Å². The summed E-state index contributed by atoms with van der Waals surface area (Å²) in [6, 6.07) is 14.1. The van der Waals surface area contributed by atoms with E-state index in [4.69, 9.17) is 10.2 Å². The minimum absolute atomic E-state index is 0. The van der Waals surface area contributed by atoms with E-state index in [1.54, 1.807) is 6.26 Å². The summed E-state index contributed by atoms with van der Waals surface area (Å²) in [6.45, 7) is 0.595. The van der Waals surface area contributed by atoms with Crippen LogP contribution in [0.1, 0.15) is 49.3 Å². The van der Waals surface area contributed by atoms with E-state index >= 15 is 0 Å². The molecule has 2 aromatic rings. The van der Waals surface area contributed by atoms with E-state index in [0.717, 1.165) is 37.9 Å². The molecule has 1 atom stereocenters. The van der Waals surface area contributed by atoms with Crippen LogP contribution in [0.5, 0.6) is 0 Å². The second kappa shape index (κ2) is 8.36. The normalized spacial score (nSPS) is 17.0. The van der Waals surface area contributed by atoms with Crippen LogP contribution in [-0.2, 0) is 4.79 Å². The Balaban J connectivity index is 0.00000208. The second-order valence-corrected chi connectivity index (χ2v) is 6.39. The summed E-state index contributed by atoms with van der Waals surface area (Å²) in [5, 5.41) is 3.02. The van der Waals surface area contributed by atoms with Gasteiger partial charge in [-0.3, -0.25) is 4.79 Å². The number of hydrogen-bond acceptors (Lipinski definition) is 3. The smallest absolute Gasteiger partial charge is 0.240 e. The third-order valence-electron chi connectivity index (χ3n) is 4.76. The second-order valence-electron chi connectivity index (χ2n) is 6.39. The van der Waals surface area contributed by atoms with E-state index in [0.29, 0.717) is 6.54 Å². The lowest BCUT2D eigenvalue weighted by Crippen LogP contribution is -2.52. The lowest BCUT2D eigenvalue weighted by molar-refractivity contribution is -0.126. The molecule has 1 heterocycles. The van der Waals surface area contributed by atoms with Gasteiger partial charge in [0.1, 0.15) is 5.76 Å². The Labute approximate surface area is 149 Å². The Kier molecular flexibility index (Phi) is 6.46. The summed E-state index contributed by atoms with van der Waals surface area (Å²) in [4.78, 5) is 12.3. The third-order valence-corrected chi connectivity index (χ3v) is 4.76. The van der Waals surface area contributed by atoms with E-state index in [1.807, 2.05) is 30.3 Å². The molecule has 0 radical (unpaired) electrons. The molecule has 3 rings (SSSR count). The standard InChI is InChI=1S/C19H24N2O2.ClH/c20-19(11-4-5-12-19)18(22)21-13-10-16(17-9-6-14-23-17)15-7-2-1-3-8-15;/h1-3,6-9,14,16H,4-5,10-13,20H2,(H,21,22);1H. The molecule has 0 bridgehead atoms. The first-order chi connectivity index (χ1) is 11.2. The zero-order chi connectivity index (χ0) is 16.1. The fraction of sp³-hybridized carbons (Fsp3) is 0.421. The number of benzene rings is 1. The number of nitrogens with two attached hydrogens (primary N) is 1. The largest absolute Gasteiger partial charge is 0.469 e. The third kappa shape index (κ3) is 4.19. The van der Waals surface area contributed by atoms with Gasteiger partial charge in [0.25, 0.3) is 0 Å². The van der Waals surface area contributed by atoms with Gasteiger partial charge in [-0.1, -0.05) is 43.2 Å². The average molecular weight is 349 g/mol. The fourth-order valence-electron chi connectivity index (χ4n) is 3.39. The zero-order valence-corrected chi connectivity index (χ0v) is 14.6. The molecule has 3 N–H and O–H groups in total. The van der Waals surface area contributed by atoms with E-state index in [1.165, 1.54) is 5.56 Å². The first kappa shape index (κ1) is 18.6. The predicted molar refractivity (Wildman–Crippen MR) is 97.3 cm³/mol. The van der Waals surface area contributed by atoms with E-state index < -0.39 is 5.54 Å². The molecule has 0 saturated heterocycles. The fourth-order valence-corrected chi connectivity index (χ4v) is 3.39. The number of halogens is 1. The van der Waals surface area contributed by atoms with Gasteiger partial charge < -0.3 is 15.5 Å². The van der Waals surface area contributed by atoms with Crippen LogP contribution in [0.15, 0.2) is 53.1 Å². The number of carbonyl (C=O) groups excluding carboxylic acids is 1. The van der Waals surface area contributed by atoms with Gasteiger partial charge in [0.15, 0.2) is 0 Å². The molecule has 130 valence electrons. The molecular formula is C19H25ClN2O2. The van der Waals surface area contributed by atoms with Gasteiger partial charge in [0.05, 0.1) is 11.8 Å². The molecule has 1 aliphatic carbocycles. The minimum atomic E-state index is -0.660. The van der Waals surface area contributed by atoms with Crippen molar-refractivity contribution in [2.45, 2.75) is 43.6 Å². The quantitative estimate of drug-likeness (QED) is 0.837. The first-order valence-corrected chi connectivity index (χ1v) is 8.34. The Morgan fingerprint density at radius 1 is 1.17 bits per heavy atom. The molecule has 5 heteroatoms. The number of carbonyl (C=O) groups is 1. The van der Waals surface area contributed by atoms with Crippen molar-refractivity contribution in [2.24, 2.45) is 5.73 Å². The van der Waals surface area contributed by atoms with Gasteiger partial charge in [-0.2, -0.15) is 0 Å². The van der Waals surface area contributed by atoms with Gasteiger partial charge in [-0.15, -0.1) is 12.4 Å². The molecule has 24 heavy (non-hydrogen) atoms. The average Bonchev–Trinajstić information content (AvgIpc) is 3.24. The lowest BCUT2D eigenvalue weighted by atomic mass is 9.93. The van der Waals surface area contributed by atoms with Crippen molar-refractivity contribution < 1.29 is 9.21 Å². The summed E-state index contributed by atoms with van der Waals surface area (Å²) >= 11 is 0. The minimum Gasteiger partial charge on any atom is -0.469 e. The van der Waals surface area contributed by atoms with Crippen LogP contribution in [0.2, 0.25) is 0 Å². The monoisotopic (exact) mass is 348 g/mol. The van der Waals surface area contributed by atoms with Crippen molar-refractivity contribution in [1.82, 2.24) is 5.32 Å². The summed E-state index contributed by atoms with van der Waals surface area (Å²) < 4.78 is 5.59. The molecule has 4 nitrogen and oxygen atoms in total. The molecule has 1 fully saturated rings. The van der Waals surface area contributed by atoms with Crippen LogP contribution in [0.3, 0.4) is 0 Å². The molecule has 1 saturated carbocycles. The highest BCUT2D eigenvalue weighted by molar-refractivity contribution is 5.86. The molecule has 1 aromatic carbocycles. The maximum Gasteiger partial charge on any atom is 0.240 e. The lowest BCUT2D eigenvalue weighted by Gasteiger charge is -2.23. The number of rotatable bonds is 6. The first-order valence-electron chi connectivity index (χ1n) is 8.34. The highest BCUT2D eigenvalue weighted by Gasteiger charge is 2.36. The molecule has 1 aromatic heterocycles. The topological polar surface area (TPSA) is 68.3 Å². The van der Waals surface area contributed by atoms with Gasteiger partial charge >= 0.3 is 0 Å². The van der Waals surface area contributed by atoms with Crippen LogP contribution in [0, 0.1) is 0 Å². The van der Waals surface area contributed by atoms with Gasteiger partial charge in [0.2, 0.25) is 5.91 Å². The molecule has 0 aliphatic heterocycles. The number of nitrogens with one attached hydrogen (secondary N) is 1. The zero-order valence-electron chi connectivity index (χ0n) is 13.7. The Hall–Kier alpha value is -1.78. The van der Waals surface area contributed by atoms with Gasteiger partial charge in [-0.25, -0.2) is 0 Å². The van der Waals surface area contributed by atoms with Crippen molar-refractivity contribution in [3.63, 3.8) is 0 Å². The molecule has 1 aliphatic rings. The predicted octanol–water partition coefficient (Wildman–Crippen LogP) is 3.61.